The molecule has 17 heavy (non-hydrogen) atoms. The summed E-state index contributed by atoms with van der Waals surface area (Å²) in [7, 11) is 4.23. The second kappa shape index (κ2) is 3.96. The van der Waals surface area contributed by atoms with Crippen LogP contribution in [0.2, 0.25) is 0 Å². The van der Waals surface area contributed by atoms with Gasteiger partial charge >= 0.3 is 0 Å². The maximum atomic E-state index is 3.52. The van der Waals surface area contributed by atoms with E-state index < -0.39 is 0 Å². The zero-order chi connectivity index (χ0) is 12.0. The van der Waals surface area contributed by atoms with Crippen LogP contribution in [0.3, 0.4) is 0 Å². The van der Waals surface area contributed by atoms with Crippen LogP contribution < -0.4 is 4.57 Å². The van der Waals surface area contributed by atoms with Crippen molar-refractivity contribution in [1.29, 1.82) is 0 Å². The highest BCUT2D eigenvalue weighted by Gasteiger charge is 2.22. The van der Waals surface area contributed by atoms with E-state index in [0.29, 0.717) is 0 Å². The zero-order valence-corrected chi connectivity index (χ0v) is 12.0. The molecule has 0 fully saturated rings. The third-order valence-electron chi connectivity index (χ3n) is 3.03. The Morgan fingerprint density at radius 3 is 2.59 bits per heavy atom. The lowest BCUT2D eigenvalue weighted by Crippen LogP contribution is -2.29. The Kier molecular flexibility index (Phi) is 2.56. The topological polar surface area (TPSA) is 8.81 Å². The normalized spacial score (nSPS) is 11.2. The molecule has 2 nitrogen and oxygen atoms in total. The summed E-state index contributed by atoms with van der Waals surface area (Å²) < 4.78 is 5.65. The van der Waals surface area contributed by atoms with E-state index in [1.165, 1.54) is 21.7 Å². The van der Waals surface area contributed by atoms with Gasteiger partial charge in [-0.25, -0.2) is 9.13 Å². The number of thiophene rings is 1. The number of hydrogen-bond donors (Lipinski definition) is 0. The molecule has 0 saturated carbocycles. The number of aryl methyl sites for hydroxylation is 2. The molecular formula is C13H12BrN2S+. The summed E-state index contributed by atoms with van der Waals surface area (Å²) >= 11 is 5.28. The van der Waals surface area contributed by atoms with Crippen molar-refractivity contribution in [2.75, 3.05) is 0 Å². The van der Waals surface area contributed by atoms with Crippen LogP contribution in [0.5, 0.6) is 0 Å². The Morgan fingerprint density at radius 1 is 1.18 bits per heavy atom. The van der Waals surface area contributed by atoms with Gasteiger partial charge in [0.1, 0.15) is 4.88 Å². The fourth-order valence-corrected chi connectivity index (χ4v) is 3.75. The molecule has 0 radical (unpaired) electrons. The summed E-state index contributed by atoms with van der Waals surface area (Å²) in [5.74, 6) is 1.24. The Bertz CT molecular complexity index is 658. The maximum absolute atomic E-state index is 3.52. The number of benzene rings is 1. The molecule has 0 unspecified atom stereocenters. The lowest BCUT2D eigenvalue weighted by molar-refractivity contribution is -0.633. The van der Waals surface area contributed by atoms with E-state index in [1.807, 2.05) is 0 Å². The van der Waals surface area contributed by atoms with E-state index in [4.69, 9.17) is 0 Å². The van der Waals surface area contributed by atoms with Gasteiger partial charge in [0.25, 0.3) is 5.82 Å². The minimum Gasteiger partial charge on any atom is -0.225 e. The first-order valence-electron chi connectivity index (χ1n) is 5.37. The largest absolute Gasteiger partial charge is 0.299 e. The Morgan fingerprint density at radius 2 is 1.94 bits per heavy atom. The molecule has 86 valence electrons. The van der Waals surface area contributed by atoms with Crippen molar-refractivity contribution in [2.24, 2.45) is 14.1 Å². The predicted octanol–water partition coefficient (Wildman–Crippen LogP) is 3.49. The van der Waals surface area contributed by atoms with Crippen molar-refractivity contribution in [3.63, 3.8) is 0 Å². The highest BCUT2D eigenvalue weighted by atomic mass is 79.9. The Balaban J connectivity index is 2.37. The van der Waals surface area contributed by atoms with Crippen LogP contribution in [0, 0.1) is 0 Å². The van der Waals surface area contributed by atoms with E-state index in [2.05, 4.69) is 75.6 Å². The summed E-state index contributed by atoms with van der Waals surface area (Å²) in [4.78, 5) is 1.28. The highest BCUT2D eigenvalue weighted by Crippen LogP contribution is 2.31. The van der Waals surface area contributed by atoms with Crippen LogP contribution in [0.4, 0.5) is 0 Å². The van der Waals surface area contributed by atoms with Gasteiger partial charge in [-0.1, -0.05) is 12.1 Å². The number of hydrogen-bond acceptors (Lipinski definition) is 1. The van der Waals surface area contributed by atoms with E-state index >= 15 is 0 Å². The summed E-state index contributed by atoms with van der Waals surface area (Å²) in [6, 6.07) is 12.7. The van der Waals surface area contributed by atoms with Crippen LogP contribution >= 0.6 is 27.3 Å². The number of para-hydroxylation sites is 2. The minimum absolute atomic E-state index is 1.16. The van der Waals surface area contributed by atoms with E-state index in [1.54, 1.807) is 11.3 Å². The van der Waals surface area contributed by atoms with Gasteiger partial charge in [0.15, 0.2) is 11.0 Å². The third-order valence-corrected chi connectivity index (χ3v) is 4.65. The number of imidazole rings is 1. The van der Waals surface area contributed by atoms with Crippen molar-refractivity contribution < 1.29 is 4.57 Å². The summed E-state index contributed by atoms with van der Waals surface area (Å²) in [5.41, 5.74) is 2.52. The Labute approximate surface area is 112 Å². The average molecular weight is 308 g/mol. The third kappa shape index (κ3) is 1.63. The molecule has 0 N–H and O–H groups in total. The second-order valence-electron chi connectivity index (χ2n) is 4.03. The van der Waals surface area contributed by atoms with Crippen LogP contribution in [0.15, 0.2) is 40.2 Å². The highest BCUT2D eigenvalue weighted by molar-refractivity contribution is 9.11. The molecule has 0 amide bonds. The fraction of sp³-hybridized carbons (Fsp3) is 0.154. The van der Waals surface area contributed by atoms with Crippen LogP contribution in [-0.2, 0) is 14.1 Å². The number of fused-ring (bicyclic) bond motifs is 1. The van der Waals surface area contributed by atoms with Gasteiger partial charge < -0.3 is 0 Å². The molecule has 1 aromatic carbocycles. The predicted molar refractivity (Wildman–Crippen MR) is 75.1 cm³/mol. The van der Waals surface area contributed by atoms with Gasteiger partial charge in [-0.15, -0.1) is 11.3 Å². The molecule has 3 rings (SSSR count). The van der Waals surface area contributed by atoms with Gasteiger partial charge in [-0.05, 0) is 40.2 Å². The maximum Gasteiger partial charge on any atom is 0.299 e. The minimum atomic E-state index is 1.16. The lowest BCUT2D eigenvalue weighted by Gasteiger charge is -1.93. The molecule has 0 aliphatic rings. The summed E-state index contributed by atoms with van der Waals surface area (Å²) in [6.45, 7) is 0. The molecule has 0 aliphatic carbocycles. The van der Waals surface area contributed by atoms with Gasteiger partial charge in [0.05, 0.1) is 17.9 Å². The van der Waals surface area contributed by atoms with Crippen molar-refractivity contribution in [3.8, 4) is 10.7 Å². The molecule has 2 aromatic heterocycles. The van der Waals surface area contributed by atoms with E-state index in [0.717, 1.165) is 3.79 Å². The molecule has 0 aliphatic heterocycles. The van der Waals surface area contributed by atoms with Crippen molar-refractivity contribution in [3.05, 3.63) is 40.2 Å². The van der Waals surface area contributed by atoms with Gasteiger partial charge in [0, 0.05) is 0 Å². The molecule has 2 heterocycles. The molecule has 3 aromatic rings. The lowest BCUT2D eigenvalue weighted by atomic mass is 10.3. The molecule has 0 spiro atoms. The van der Waals surface area contributed by atoms with Gasteiger partial charge in [0.2, 0.25) is 0 Å². The smallest absolute Gasteiger partial charge is 0.225 e. The first kappa shape index (κ1) is 11.0. The second-order valence-corrected chi connectivity index (χ2v) is 6.50. The van der Waals surface area contributed by atoms with Gasteiger partial charge in [-0.2, -0.15) is 0 Å². The molecule has 0 bridgehead atoms. The van der Waals surface area contributed by atoms with Gasteiger partial charge in [-0.3, -0.25) is 0 Å². The average Bonchev–Trinajstić information content (AvgIpc) is 2.84. The van der Waals surface area contributed by atoms with E-state index in [9.17, 15) is 0 Å². The standard InChI is InChI=1S/C13H12BrN2S/c1-15-9-5-3-4-6-10(9)16(2)13(15)11-7-8-12(14)17-11/h3-8H,1-2H3/q+1. The van der Waals surface area contributed by atoms with Crippen molar-refractivity contribution >= 4 is 38.3 Å². The molecule has 0 atom stereocenters. The van der Waals surface area contributed by atoms with Crippen molar-refractivity contribution in [2.45, 2.75) is 0 Å². The fourth-order valence-electron chi connectivity index (χ4n) is 2.25. The summed E-state index contributed by atoms with van der Waals surface area (Å²) in [5, 5.41) is 0. The molecule has 0 saturated heterocycles. The SMILES string of the molecule is Cn1c(-c2ccc(Br)s2)[n+](C)c2ccccc21. The van der Waals surface area contributed by atoms with Crippen molar-refractivity contribution in [1.82, 2.24) is 4.57 Å². The molecule has 4 heteroatoms. The quantitative estimate of drug-likeness (QED) is 0.609. The van der Waals surface area contributed by atoms with Crippen LogP contribution in [0.1, 0.15) is 0 Å². The number of nitrogens with zero attached hydrogens (tertiary/aromatic N) is 2. The first-order valence-corrected chi connectivity index (χ1v) is 6.98. The monoisotopic (exact) mass is 307 g/mol. The van der Waals surface area contributed by atoms with Crippen LogP contribution in [-0.4, -0.2) is 4.57 Å². The number of rotatable bonds is 1. The van der Waals surface area contributed by atoms with Crippen LogP contribution in [0.25, 0.3) is 21.7 Å². The first-order chi connectivity index (χ1) is 8.18. The molecular weight excluding hydrogens is 296 g/mol. The zero-order valence-electron chi connectivity index (χ0n) is 9.64. The Hall–Kier alpha value is -1.13. The number of aromatic nitrogens is 2. The van der Waals surface area contributed by atoms with E-state index in [-0.39, 0.29) is 0 Å². The summed E-state index contributed by atoms with van der Waals surface area (Å²) in [6.07, 6.45) is 0. The number of halogens is 1.